The van der Waals surface area contributed by atoms with Crippen LogP contribution in [0.15, 0.2) is 4.99 Å². The number of carbonyl (C=O) groups is 2. The summed E-state index contributed by atoms with van der Waals surface area (Å²) < 4.78 is 5.09. The molecule has 0 aromatic heterocycles. The van der Waals surface area contributed by atoms with Crippen LogP contribution in [-0.4, -0.2) is 80.7 Å². The summed E-state index contributed by atoms with van der Waals surface area (Å²) in [6.45, 7) is 6.83. The van der Waals surface area contributed by atoms with Crippen LogP contribution in [0.1, 0.15) is 58.8 Å². The second kappa shape index (κ2) is 13.2. The van der Waals surface area contributed by atoms with Crippen molar-refractivity contribution in [2.75, 3.05) is 46.9 Å². The highest BCUT2D eigenvalue weighted by Gasteiger charge is 2.32. The minimum absolute atomic E-state index is 0. The Labute approximate surface area is 198 Å². The number of nitrogens with one attached hydrogen (secondary N) is 2. The summed E-state index contributed by atoms with van der Waals surface area (Å²) in [6, 6.07) is 0.225. The molecule has 2 rings (SSSR count). The molecule has 0 spiro atoms. The Balaban J connectivity index is 0.00000450. The first-order chi connectivity index (χ1) is 13.9. The summed E-state index contributed by atoms with van der Waals surface area (Å²) in [5, 5.41) is 7.01. The number of ether oxygens (including phenoxy) is 1. The molecule has 2 N–H and O–H groups in total. The third-order valence-electron chi connectivity index (χ3n) is 6.28. The van der Waals surface area contributed by atoms with Gasteiger partial charge in [-0.2, -0.15) is 0 Å². The first-order valence-corrected chi connectivity index (χ1v) is 11.1. The highest BCUT2D eigenvalue weighted by atomic mass is 127. The van der Waals surface area contributed by atoms with Crippen LogP contribution in [0.2, 0.25) is 0 Å². The van der Waals surface area contributed by atoms with E-state index in [1.165, 1.54) is 25.7 Å². The number of aliphatic imine (C=N–C) groups is 1. The first-order valence-electron chi connectivity index (χ1n) is 11.1. The van der Waals surface area contributed by atoms with Crippen molar-refractivity contribution in [1.29, 1.82) is 0 Å². The zero-order valence-corrected chi connectivity index (χ0v) is 21.4. The molecule has 1 saturated heterocycles. The van der Waals surface area contributed by atoms with Crippen LogP contribution in [0.3, 0.4) is 0 Å². The molecule has 0 atom stereocenters. The van der Waals surface area contributed by atoms with Gasteiger partial charge >= 0.3 is 6.09 Å². The fraction of sp³-hybridized carbons (Fsp3) is 0.857. The van der Waals surface area contributed by atoms with Gasteiger partial charge < -0.3 is 25.2 Å². The number of hydrogen-bond donors (Lipinski definition) is 2. The number of rotatable bonds is 7. The largest absolute Gasteiger partial charge is 0.450 e. The first kappa shape index (κ1) is 26.8. The van der Waals surface area contributed by atoms with E-state index in [0.29, 0.717) is 31.1 Å². The topological polar surface area (TPSA) is 86.3 Å². The fourth-order valence-electron chi connectivity index (χ4n) is 4.11. The van der Waals surface area contributed by atoms with Crippen LogP contribution >= 0.6 is 24.0 Å². The Morgan fingerprint density at radius 3 is 2.33 bits per heavy atom. The summed E-state index contributed by atoms with van der Waals surface area (Å²) in [7, 11) is 3.49. The SMILES string of the molecule is CCOC(=O)N1CCC(NC(=NCC(=O)N(C)C)NCC2(CC)CCCC2)CC1.I. The number of likely N-dealkylation sites (N-methyl/N-ethyl adjacent to an activating group) is 1. The van der Waals surface area contributed by atoms with E-state index in [1.807, 2.05) is 6.92 Å². The molecule has 0 aromatic rings. The maximum Gasteiger partial charge on any atom is 0.409 e. The van der Waals surface area contributed by atoms with Crippen molar-refractivity contribution >= 4 is 41.9 Å². The molecule has 2 amide bonds. The van der Waals surface area contributed by atoms with Crippen molar-refractivity contribution in [3.63, 3.8) is 0 Å². The van der Waals surface area contributed by atoms with E-state index in [1.54, 1.807) is 23.9 Å². The summed E-state index contributed by atoms with van der Waals surface area (Å²) in [6.07, 6.45) is 7.67. The molecule has 1 aliphatic heterocycles. The number of carbonyl (C=O) groups excluding carboxylic acids is 2. The third kappa shape index (κ3) is 8.11. The lowest BCUT2D eigenvalue weighted by molar-refractivity contribution is -0.127. The Morgan fingerprint density at radius 2 is 1.80 bits per heavy atom. The number of likely N-dealkylation sites (tertiary alicyclic amines) is 1. The van der Waals surface area contributed by atoms with Gasteiger partial charge in [-0.15, -0.1) is 24.0 Å². The molecule has 30 heavy (non-hydrogen) atoms. The van der Waals surface area contributed by atoms with Crippen LogP contribution in [0.5, 0.6) is 0 Å². The zero-order valence-electron chi connectivity index (χ0n) is 19.0. The standard InChI is InChI=1S/C21H39N5O3.HI/c1-5-21(11-7-8-12-21)16-23-19(22-15-18(27)25(3)4)24-17-9-13-26(14-10-17)20(28)29-6-2;/h17H,5-16H2,1-4H3,(H2,22,23,24);1H. The molecule has 1 aliphatic carbocycles. The van der Waals surface area contributed by atoms with Gasteiger partial charge in [0.15, 0.2) is 5.96 Å². The molecule has 1 heterocycles. The van der Waals surface area contributed by atoms with E-state index in [0.717, 1.165) is 25.8 Å². The number of piperidine rings is 1. The molecule has 0 aromatic carbocycles. The fourth-order valence-corrected chi connectivity index (χ4v) is 4.11. The van der Waals surface area contributed by atoms with Gasteiger partial charge in [0, 0.05) is 39.8 Å². The second-order valence-corrected chi connectivity index (χ2v) is 8.47. The normalized spacial score (nSPS) is 19.1. The summed E-state index contributed by atoms with van der Waals surface area (Å²) in [4.78, 5) is 31.8. The smallest absolute Gasteiger partial charge is 0.409 e. The van der Waals surface area contributed by atoms with Crippen molar-refractivity contribution in [2.24, 2.45) is 10.4 Å². The molecular formula is C21H40IN5O3. The van der Waals surface area contributed by atoms with Crippen molar-refractivity contribution < 1.29 is 14.3 Å². The minimum Gasteiger partial charge on any atom is -0.450 e. The third-order valence-corrected chi connectivity index (χ3v) is 6.28. The van der Waals surface area contributed by atoms with Crippen LogP contribution in [-0.2, 0) is 9.53 Å². The summed E-state index contributed by atoms with van der Waals surface area (Å²) in [5.74, 6) is 0.684. The monoisotopic (exact) mass is 537 g/mol. The summed E-state index contributed by atoms with van der Waals surface area (Å²) >= 11 is 0. The number of guanidine groups is 1. The Bertz CT molecular complexity index is 571. The van der Waals surface area contributed by atoms with Gasteiger partial charge in [-0.25, -0.2) is 9.79 Å². The molecule has 0 unspecified atom stereocenters. The second-order valence-electron chi connectivity index (χ2n) is 8.47. The van der Waals surface area contributed by atoms with E-state index in [4.69, 9.17) is 4.74 Å². The molecule has 1 saturated carbocycles. The highest BCUT2D eigenvalue weighted by Crippen LogP contribution is 2.40. The number of hydrogen-bond acceptors (Lipinski definition) is 4. The average Bonchev–Trinajstić information content (AvgIpc) is 3.19. The van der Waals surface area contributed by atoms with Crippen LogP contribution in [0.4, 0.5) is 4.79 Å². The Morgan fingerprint density at radius 1 is 1.17 bits per heavy atom. The van der Waals surface area contributed by atoms with Crippen molar-refractivity contribution in [3.05, 3.63) is 0 Å². The predicted octanol–water partition coefficient (Wildman–Crippen LogP) is 2.82. The van der Waals surface area contributed by atoms with Gasteiger partial charge in [-0.05, 0) is 44.4 Å². The van der Waals surface area contributed by atoms with E-state index >= 15 is 0 Å². The lowest BCUT2D eigenvalue weighted by Gasteiger charge is -2.33. The molecule has 2 aliphatic rings. The number of halogens is 1. The maximum atomic E-state index is 12.0. The average molecular weight is 537 g/mol. The van der Waals surface area contributed by atoms with Crippen molar-refractivity contribution in [3.8, 4) is 0 Å². The van der Waals surface area contributed by atoms with Crippen LogP contribution in [0, 0.1) is 5.41 Å². The minimum atomic E-state index is -0.235. The molecule has 174 valence electrons. The van der Waals surface area contributed by atoms with Gasteiger partial charge in [0.2, 0.25) is 5.91 Å². The lowest BCUT2D eigenvalue weighted by Crippen LogP contribution is -2.51. The van der Waals surface area contributed by atoms with E-state index < -0.39 is 0 Å². The van der Waals surface area contributed by atoms with Crippen molar-refractivity contribution in [2.45, 2.75) is 64.8 Å². The maximum absolute atomic E-state index is 12.0. The lowest BCUT2D eigenvalue weighted by atomic mass is 9.83. The molecule has 0 bridgehead atoms. The van der Waals surface area contributed by atoms with E-state index in [-0.39, 0.29) is 48.6 Å². The molecule has 2 fully saturated rings. The van der Waals surface area contributed by atoms with E-state index in [2.05, 4.69) is 22.5 Å². The van der Waals surface area contributed by atoms with Gasteiger partial charge in [0.05, 0.1) is 6.61 Å². The van der Waals surface area contributed by atoms with Crippen molar-refractivity contribution in [1.82, 2.24) is 20.4 Å². The molecular weight excluding hydrogens is 497 g/mol. The number of nitrogens with zero attached hydrogens (tertiary/aromatic N) is 3. The zero-order chi connectivity index (χ0) is 21.3. The number of amides is 2. The summed E-state index contributed by atoms with van der Waals surface area (Å²) in [5.41, 5.74) is 0.335. The Kier molecular flexibility index (Phi) is 11.8. The quantitative estimate of drug-likeness (QED) is 0.297. The van der Waals surface area contributed by atoms with Gasteiger partial charge in [-0.3, -0.25) is 4.79 Å². The van der Waals surface area contributed by atoms with Gasteiger partial charge in [0.1, 0.15) is 6.54 Å². The molecule has 8 nitrogen and oxygen atoms in total. The van der Waals surface area contributed by atoms with Gasteiger partial charge in [-0.1, -0.05) is 19.8 Å². The van der Waals surface area contributed by atoms with Crippen LogP contribution < -0.4 is 10.6 Å². The van der Waals surface area contributed by atoms with Crippen LogP contribution in [0.25, 0.3) is 0 Å². The van der Waals surface area contributed by atoms with E-state index in [9.17, 15) is 9.59 Å². The molecule has 0 radical (unpaired) electrons. The highest BCUT2D eigenvalue weighted by molar-refractivity contribution is 14.0. The van der Waals surface area contributed by atoms with Gasteiger partial charge in [0.25, 0.3) is 0 Å². The predicted molar refractivity (Wildman–Crippen MR) is 130 cm³/mol. The Hall–Kier alpha value is -1.26. The molecule has 9 heteroatoms.